The number of benzene rings is 4. The second-order valence-corrected chi connectivity index (χ2v) is 11.8. The maximum Gasteiger partial charge on any atom is 0.130 e. The molecule has 6 rings (SSSR count). The van der Waals surface area contributed by atoms with Crippen LogP contribution in [-0.2, 0) is 5.41 Å². The van der Waals surface area contributed by atoms with Crippen LogP contribution < -0.4 is 0 Å². The first-order valence-corrected chi connectivity index (χ1v) is 12.8. The van der Waals surface area contributed by atoms with E-state index in [1.54, 1.807) is 5.57 Å². The molecule has 0 unspecified atom stereocenters. The Morgan fingerprint density at radius 3 is 2.00 bits per heavy atom. The fourth-order valence-electron chi connectivity index (χ4n) is 5.61. The quantitative estimate of drug-likeness (QED) is 0.249. The predicted molar refractivity (Wildman–Crippen MR) is 149 cm³/mol. The molecule has 0 spiro atoms. The van der Waals surface area contributed by atoms with E-state index in [9.17, 15) is 5.11 Å². The summed E-state index contributed by atoms with van der Waals surface area (Å²) >= 11 is 3.44. The molecule has 0 atom stereocenters. The number of rotatable bonds is 0. The molecule has 0 aromatic heterocycles. The van der Waals surface area contributed by atoms with E-state index in [0.717, 1.165) is 17.3 Å². The highest BCUT2D eigenvalue weighted by molar-refractivity contribution is 9.10. The number of aromatic hydroxyl groups is 1. The zero-order chi connectivity index (χ0) is 24.1. The van der Waals surface area contributed by atoms with E-state index in [1.807, 2.05) is 12.1 Å². The van der Waals surface area contributed by atoms with Crippen molar-refractivity contribution in [3.8, 4) is 5.75 Å². The van der Waals surface area contributed by atoms with Gasteiger partial charge in [0.2, 0.25) is 0 Å². The molecular weight excluding hydrogens is 480 g/mol. The highest BCUT2D eigenvalue weighted by Gasteiger charge is 2.36. The molecule has 1 nitrogen and oxygen atoms in total. The summed E-state index contributed by atoms with van der Waals surface area (Å²) in [6.07, 6.45) is 6.87. The molecule has 4 aromatic carbocycles. The number of phenolic OH excluding ortho intramolecular Hbond substituents is 1. The average Bonchev–Trinajstić information content (AvgIpc) is 2.79. The number of fused-ring (bicyclic) bond motifs is 5. The SMILES string of the molecule is CC1(C)C=CC2=C(C1)CC(C)(C)c1c2ccc2cc(Br)c(O)cc12.c1ccc2ccccc2c1. The molecule has 0 saturated heterocycles. The van der Waals surface area contributed by atoms with Gasteiger partial charge in [0.05, 0.1) is 4.47 Å². The van der Waals surface area contributed by atoms with Gasteiger partial charge < -0.3 is 5.11 Å². The molecule has 172 valence electrons. The van der Waals surface area contributed by atoms with E-state index < -0.39 is 0 Å². The van der Waals surface area contributed by atoms with Gasteiger partial charge in [-0.15, -0.1) is 0 Å². The summed E-state index contributed by atoms with van der Waals surface area (Å²) in [5, 5.41) is 15.2. The van der Waals surface area contributed by atoms with E-state index in [0.29, 0.717) is 5.75 Å². The number of halogens is 1. The molecule has 0 saturated carbocycles. The van der Waals surface area contributed by atoms with Crippen LogP contribution in [-0.4, -0.2) is 5.11 Å². The van der Waals surface area contributed by atoms with Crippen molar-refractivity contribution in [1.29, 1.82) is 0 Å². The van der Waals surface area contributed by atoms with E-state index >= 15 is 0 Å². The molecule has 0 heterocycles. The van der Waals surface area contributed by atoms with E-state index in [4.69, 9.17) is 0 Å². The monoisotopic (exact) mass is 510 g/mol. The van der Waals surface area contributed by atoms with Crippen molar-refractivity contribution >= 4 is 43.0 Å². The minimum Gasteiger partial charge on any atom is -0.507 e. The molecule has 2 aliphatic rings. The average molecular weight is 512 g/mol. The second kappa shape index (κ2) is 8.43. The number of hydrogen-bond donors (Lipinski definition) is 1. The maximum absolute atomic E-state index is 10.2. The molecule has 2 heteroatoms. The lowest BCUT2D eigenvalue weighted by Crippen LogP contribution is -2.27. The van der Waals surface area contributed by atoms with Crippen LogP contribution in [0.25, 0.3) is 27.1 Å². The van der Waals surface area contributed by atoms with E-state index in [2.05, 4.69) is 116 Å². The lowest BCUT2D eigenvalue weighted by Gasteiger charge is -2.40. The Morgan fingerprint density at radius 1 is 0.765 bits per heavy atom. The van der Waals surface area contributed by atoms with Crippen molar-refractivity contribution in [2.45, 2.75) is 46.0 Å². The smallest absolute Gasteiger partial charge is 0.130 e. The Bertz CT molecular complexity index is 1400. The lowest BCUT2D eigenvalue weighted by atomic mass is 9.64. The molecule has 34 heavy (non-hydrogen) atoms. The highest BCUT2D eigenvalue weighted by atomic mass is 79.9. The Kier molecular flexibility index (Phi) is 5.68. The Hall–Kier alpha value is -2.84. The van der Waals surface area contributed by atoms with Gasteiger partial charge >= 0.3 is 0 Å². The molecule has 0 radical (unpaired) electrons. The third kappa shape index (κ3) is 4.20. The van der Waals surface area contributed by atoms with Crippen LogP contribution in [0.4, 0.5) is 0 Å². The first kappa shape index (κ1) is 22.9. The first-order chi connectivity index (χ1) is 16.1. The van der Waals surface area contributed by atoms with Gasteiger partial charge in [-0.2, -0.15) is 0 Å². The summed E-state index contributed by atoms with van der Waals surface area (Å²) < 4.78 is 0.753. The van der Waals surface area contributed by atoms with Crippen LogP contribution in [0.5, 0.6) is 5.75 Å². The van der Waals surface area contributed by atoms with Crippen LogP contribution in [0.3, 0.4) is 0 Å². The predicted octanol–water partition coefficient (Wildman–Crippen LogP) is 9.57. The van der Waals surface area contributed by atoms with Crippen LogP contribution in [0.1, 0.15) is 51.7 Å². The minimum absolute atomic E-state index is 0.0647. The summed E-state index contributed by atoms with van der Waals surface area (Å²) in [6, 6.07) is 25.1. The van der Waals surface area contributed by atoms with Crippen molar-refractivity contribution in [1.82, 2.24) is 0 Å². The van der Waals surface area contributed by atoms with Crippen molar-refractivity contribution < 1.29 is 5.11 Å². The molecule has 4 aromatic rings. The van der Waals surface area contributed by atoms with Gasteiger partial charge in [0, 0.05) is 0 Å². The van der Waals surface area contributed by atoms with Crippen molar-refractivity contribution in [2.75, 3.05) is 0 Å². The van der Waals surface area contributed by atoms with Gasteiger partial charge in [-0.25, -0.2) is 0 Å². The molecule has 0 fully saturated rings. The third-order valence-electron chi connectivity index (χ3n) is 7.12. The molecule has 0 amide bonds. The van der Waals surface area contributed by atoms with Gasteiger partial charge in [-0.1, -0.05) is 106 Å². The summed E-state index contributed by atoms with van der Waals surface area (Å²) in [6.45, 7) is 9.29. The van der Waals surface area contributed by atoms with Crippen molar-refractivity contribution in [2.24, 2.45) is 5.41 Å². The van der Waals surface area contributed by atoms with Crippen LogP contribution in [0.2, 0.25) is 0 Å². The molecule has 2 aliphatic carbocycles. The normalized spacial score (nSPS) is 17.7. The van der Waals surface area contributed by atoms with Gasteiger partial charge in [0.25, 0.3) is 0 Å². The largest absolute Gasteiger partial charge is 0.507 e. The number of allylic oxidation sites excluding steroid dienone is 4. The summed E-state index contributed by atoms with van der Waals surface area (Å²) in [7, 11) is 0. The van der Waals surface area contributed by atoms with Gasteiger partial charge in [-0.05, 0) is 90.0 Å². The zero-order valence-electron chi connectivity index (χ0n) is 20.3. The summed E-state index contributed by atoms with van der Waals surface area (Å²) in [5.74, 6) is 0.312. The van der Waals surface area contributed by atoms with Gasteiger partial charge in [-0.3, -0.25) is 0 Å². The van der Waals surface area contributed by atoms with E-state index in [1.165, 1.54) is 38.2 Å². The zero-order valence-corrected chi connectivity index (χ0v) is 21.9. The maximum atomic E-state index is 10.2. The number of phenols is 1. The fraction of sp³-hybridized carbons (Fsp3) is 0.250. The molecule has 1 N–H and O–H groups in total. The Morgan fingerprint density at radius 2 is 1.38 bits per heavy atom. The highest BCUT2D eigenvalue weighted by Crippen LogP contribution is 2.51. The summed E-state index contributed by atoms with van der Waals surface area (Å²) in [5.41, 5.74) is 5.98. The second-order valence-electron chi connectivity index (χ2n) is 10.9. The summed E-state index contributed by atoms with van der Waals surface area (Å²) in [4.78, 5) is 0. The minimum atomic E-state index is 0.0647. The van der Waals surface area contributed by atoms with Gasteiger partial charge in [0.1, 0.15) is 5.75 Å². The number of hydrogen-bond acceptors (Lipinski definition) is 1. The van der Waals surface area contributed by atoms with Crippen molar-refractivity contribution in [3.63, 3.8) is 0 Å². The first-order valence-electron chi connectivity index (χ1n) is 12.0. The topological polar surface area (TPSA) is 20.2 Å². The van der Waals surface area contributed by atoms with Crippen LogP contribution >= 0.6 is 15.9 Å². The van der Waals surface area contributed by atoms with Crippen LogP contribution in [0, 0.1) is 5.41 Å². The molecular formula is C32H31BrO. The van der Waals surface area contributed by atoms with E-state index in [-0.39, 0.29) is 10.8 Å². The molecule has 0 bridgehead atoms. The Labute approximate surface area is 211 Å². The molecule has 0 aliphatic heterocycles. The standard InChI is InChI=1S/C22H23BrO.C10H8/c1-21(2)8-7-15-14(11-21)12-22(3,4)20-16(15)6-5-13-9-18(23)19(24)10-17(13)20;1-2-6-10-8-4-3-7-9(10)5-1/h5-10,24H,11-12H2,1-4H3;1-8H. The van der Waals surface area contributed by atoms with Crippen LogP contribution in [0.15, 0.2) is 95.0 Å². The fourth-order valence-corrected chi connectivity index (χ4v) is 5.97. The lowest BCUT2D eigenvalue weighted by molar-refractivity contribution is 0.429. The Balaban J connectivity index is 0.000000200. The van der Waals surface area contributed by atoms with Crippen molar-refractivity contribution in [3.05, 3.63) is 106 Å². The third-order valence-corrected chi connectivity index (χ3v) is 7.75. The van der Waals surface area contributed by atoms with Gasteiger partial charge in [0.15, 0.2) is 0 Å².